The smallest absolute Gasteiger partial charge is 0.269 e. The van der Waals surface area contributed by atoms with E-state index in [0.29, 0.717) is 23.7 Å². The molecule has 1 aromatic carbocycles. The second-order valence-corrected chi connectivity index (χ2v) is 4.68. The molecule has 1 aromatic rings. The van der Waals surface area contributed by atoms with Gasteiger partial charge in [-0.1, -0.05) is 34.1 Å². The maximum absolute atomic E-state index is 10.6. The minimum atomic E-state index is -0.441. The highest BCUT2D eigenvalue weighted by Crippen LogP contribution is 2.21. The molecular weight excluding hydrogens is 295 g/mol. The van der Waals surface area contributed by atoms with Gasteiger partial charge >= 0.3 is 0 Å². The summed E-state index contributed by atoms with van der Waals surface area (Å²) in [7, 11) is 0. The summed E-state index contributed by atoms with van der Waals surface area (Å²) in [5, 5.41) is 14.1. The summed E-state index contributed by atoms with van der Waals surface area (Å²) < 4.78 is 0.814. The lowest BCUT2D eigenvalue weighted by Crippen LogP contribution is -2.14. The highest BCUT2D eigenvalue weighted by atomic mass is 79.9. The zero-order chi connectivity index (χ0) is 12.1. The first-order valence-corrected chi connectivity index (χ1v) is 5.64. The molecule has 0 unspecified atom stereocenters. The molecule has 0 saturated carbocycles. The number of hydrogen-bond donors (Lipinski definition) is 1. The van der Waals surface area contributed by atoms with E-state index < -0.39 is 4.92 Å². The Balaban J connectivity index is 2.74. The van der Waals surface area contributed by atoms with Crippen molar-refractivity contribution in [1.82, 2.24) is 5.32 Å². The van der Waals surface area contributed by atoms with Crippen LogP contribution < -0.4 is 5.32 Å². The van der Waals surface area contributed by atoms with Crippen LogP contribution in [0.2, 0.25) is 5.02 Å². The van der Waals surface area contributed by atoms with E-state index in [9.17, 15) is 10.1 Å². The number of hydrogen-bond acceptors (Lipinski definition) is 3. The normalized spacial score (nSPS) is 10.1. The lowest BCUT2D eigenvalue weighted by atomic mass is 10.2. The molecule has 0 aliphatic carbocycles. The van der Waals surface area contributed by atoms with Gasteiger partial charge in [-0.2, -0.15) is 0 Å². The van der Waals surface area contributed by atoms with Gasteiger partial charge in [0.25, 0.3) is 5.69 Å². The van der Waals surface area contributed by atoms with E-state index in [1.54, 1.807) is 0 Å². The first-order valence-electron chi connectivity index (χ1n) is 4.47. The molecule has 0 spiro atoms. The number of nitro benzene ring substituents is 1. The molecule has 0 atom stereocenters. The van der Waals surface area contributed by atoms with Crippen LogP contribution in [0.3, 0.4) is 0 Å². The lowest BCUT2D eigenvalue weighted by Gasteiger charge is -2.05. The van der Waals surface area contributed by atoms with Crippen molar-refractivity contribution >= 4 is 33.2 Å². The lowest BCUT2D eigenvalue weighted by molar-refractivity contribution is -0.384. The Bertz CT molecular complexity index is 423. The van der Waals surface area contributed by atoms with E-state index >= 15 is 0 Å². The van der Waals surface area contributed by atoms with Gasteiger partial charge in [0.1, 0.15) is 0 Å². The van der Waals surface area contributed by atoms with Gasteiger partial charge in [0.15, 0.2) is 0 Å². The third kappa shape index (κ3) is 3.92. The van der Waals surface area contributed by atoms with Crippen molar-refractivity contribution < 1.29 is 4.92 Å². The average Bonchev–Trinajstić information content (AvgIpc) is 2.20. The molecule has 16 heavy (non-hydrogen) atoms. The van der Waals surface area contributed by atoms with Gasteiger partial charge < -0.3 is 5.32 Å². The van der Waals surface area contributed by atoms with Crippen LogP contribution in [0.1, 0.15) is 5.56 Å². The van der Waals surface area contributed by atoms with Crippen molar-refractivity contribution in [1.29, 1.82) is 0 Å². The predicted octanol–water partition coefficient (Wildman–Crippen LogP) is 3.25. The topological polar surface area (TPSA) is 55.2 Å². The quantitative estimate of drug-likeness (QED) is 0.671. The van der Waals surface area contributed by atoms with E-state index in [1.165, 1.54) is 18.2 Å². The fraction of sp³-hybridized carbons (Fsp3) is 0.200. The summed E-state index contributed by atoms with van der Waals surface area (Å²) in [5.41, 5.74) is 0.739. The van der Waals surface area contributed by atoms with Crippen molar-refractivity contribution in [2.24, 2.45) is 0 Å². The standard InChI is InChI=1S/C10H10BrClN2O2/c1-7(11)5-13-6-8-4-9(14(15)16)2-3-10(8)12/h2-4,13H,1,5-6H2. The molecule has 4 nitrogen and oxygen atoms in total. The van der Waals surface area contributed by atoms with Gasteiger partial charge in [0, 0.05) is 34.7 Å². The summed E-state index contributed by atoms with van der Waals surface area (Å²) in [6.07, 6.45) is 0. The van der Waals surface area contributed by atoms with E-state index in [-0.39, 0.29) is 5.69 Å². The number of nitro groups is 1. The summed E-state index contributed by atoms with van der Waals surface area (Å²) in [5.74, 6) is 0. The van der Waals surface area contributed by atoms with Crippen molar-refractivity contribution in [3.63, 3.8) is 0 Å². The number of non-ortho nitro benzene ring substituents is 1. The summed E-state index contributed by atoms with van der Waals surface area (Å²) in [6.45, 7) is 4.71. The molecule has 0 bridgehead atoms. The average molecular weight is 306 g/mol. The number of benzene rings is 1. The van der Waals surface area contributed by atoms with Crippen molar-refractivity contribution in [2.75, 3.05) is 6.54 Å². The fourth-order valence-electron chi connectivity index (χ4n) is 1.14. The first-order chi connectivity index (χ1) is 7.50. The summed E-state index contributed by atoms with van der Waals surface area (Å²) in [6, 6.07) is 4.38. The molecular formula is C10H10BrClN2O2. The van der Waals surface area contributed by atoms with Crippen LogP contribution >= 0.6 is 27.5 Å². The van der Waals surface area contributed by atoms with Crippen LogP contribution in [0.4, 0.5) is 5.69 Å². The number of halogens is 2. The van der Waals surface area contributed by atoms with E-state index in [1.807, 2.05) is 0 Å². The van der Waals surface area contributed by atoms with Gasteiger partial charge in [-0.25, -0.2) is 0 Å². The van der Waals surface area contributed by atoms with Crippen molar-refractivity contribution in [3.8, 4) is 0 Å². The number of nitrogens with one attached hydrogen (secondary N) is 1. The number of rotatable bonds is 5. The Labute approximate surface area is 107 Å². The minimum absolute atomic E-state index is 0.0406. The van der Waals surface area contributed by atoms with Crippen LogP contribution in [-0.2, 0) is 6.54 Å². The molecule has 0 aliphatic rings. The zero-order valence-corrected chi connectivity index (χ0v) is 10.7. The van der Waals surface area contributed by atoms with Gasteiger partial charge in [-0.05, 0) is 11.6 Å². The van der Waals surface area contributed by atoms with Gasteiger partial charge in [0.2, 0.25) is 0 Å². The zero-order valence-electron chi connectivity index (χ0n) is 8.37. The second kappa shape index (κ2) is 5.98. The Kier molecular flexibility index (Phi) is 4.92. The monoisotopic (exact) mass is 304 g/mol. The summed E-state index contributed by atoms with van der Waals surface area (Å²) in [4.78, 5) is 10.1. The van der Waals surface area contributed by atoms with E-state index in [4.69, 9.17) is 11.6 Å². The van der Waals surface area contributed by atoms with Crippen molar-refractivity contribution in [3.05, 3.63) is 50.0 Å². The van der Waals surface area contributed by atoms with Crippen LogP contribution in [0, 0.1) is 10.1 Å². The Hall–Kier alpha value is -0.910. The molecule has 0 fully saturated rings. The van der Waals surface area contributed by atoms with E-state index in [2.05, 4.69) is 27.8 Å². The third-order valence-electron chi connectivity index (χ3n) is 1.87. The predicted molar refractivity (Wildman–Crippen MR) is 67.9 cm³/mol. The molecule has 6 heteroatoms. The maximum Gasteiger partial charge on any atom is 0.269 e. The maximum atomic E-state index is 10.6. The Morgan fingerprint density at radius 2 is 2.31 bits per heavy atom. The molecule has 0 aromatic heterocycles. The highest BCUT2D eigenvalue weighted by Gasteiger charge is 2.09. The third-order valence-corrected chi connectivity index (χ3v) is 2.52. The van der Waals surface area contributed by atoms with Crippen LogP contribution in [0.25, 0.3) is 0 Å². The molecule has 0 aliphatic heterocycles. The number of nitrogens with zero attached hydrogens (tertiary/aromatic N) is 1. The fourth-order valence-corrected chi connectivity index (χ4v) is 1.53. The molecule has 1 rings (SSSR count). The van der Waals surface area contributed by atoms with Gasteiger partial charge in [0.05, 0.1) is 4.92 Å². The van der Waals surface area contributed by atoms with Gasteiger partial charge in [-0.15, -0.1) is 0 Å². The SMILES string of the molecule is C=C(Br)CNCc1cc([N+](=O)[O-])ccc1Cl. The largest absolute Gasteiger partial charge is 0.308 e. The molecule has 0 amide bonds. The minimum Gasteiger partial charge on any atom is -0.308 e. The molecule has 1 N–H and O–H groups in total. The molecule has 0 saturated heterocycles. The molecule has 0 heterocycles. The Morgan fingerprint density at radius 1 is 1.62 bits per heavy atom. The highest BCUT2D eigenvalue weighted by molar-refractivity contribution is 9.11. The summed E-state index contributed by atoms with van der Waals surface area (Å²) >= 11 is 9.13. The van der Waals surface area contributed by atoms with E-state index in [0.717, 1.165) is 4.48 Å². The Morgan fingerprint density at radius 3 is 2.88 bits per heavy atom. The van der Waals surface area contributed by atoms with Crippen LogP contribution in [-0.4, -0.2) is 11.5 Å². The first kappa shape index (κ1) is 13.2. The van der Waals surface area contributed by atoms with Crippen molar-refractivity contribution in [2.45, 2.75) is 6.54 Å². The van der Waals surface area contributed by atoms with Crippen LogP contribution in [0.5, 0.6) is 0 Å². The van der Waals surface area contributed by atoms with Crippen LogP contribution in [0.15, 0.2) is 29.3 Å². The molecule has 0 radical (unpaired) electrons. The van der Waals surface area contributed by atoms with Gasteiger partial charge in [-0.3, -0.25) is 10.1 Å². The molecule has 86 valence electrons. The second-order valence-electron chi connectivity index (χ2n) is 3.15.